The zero-order chi connectivity index (χ0) is 20.0. The predicted octanol–water partition coefficient (Wildman–Crippen LogP) is 3.47. The summed E-state index contributed by atoms with van der Waals surface area (Å²) in [4.78, 5) is 24.7. The van der Waals surface area contributed by atoms with Crippen LogP contribution in [0.1, 0.15) is 44.2 Å². The summed E-state index contributed by atoms with van der Waals surface area (Å²) in [5.74, 6) is 1.16. The summed E-state index contributed by atoms with van der Waals surface area (Å²) in [5.41, 5.74) is 3.03. The van der Waals surface area contributed by atoms with E-state index in [1.807, 2.05) is 6.92 Å². The second-order valence-electron chi connectivity index (χ2n) is 7.48. The minimum atomic E-state index is -0.0956. The van der Waals surface area contributed by atoms with Crippen molar-refractivity contribution in [2.24, 2.45) is 0 Å². The van der Waals surface area contributed by atoms with Crippen LogP contribution in [-0.4, -0.2) is 37.2 Å². The van der Waals surface area contributed by atoms with Crippen LogP contribution in [0.25, 0.3) is 16.0 Å². The van der Waals surface area contributed by atoms with Gasteiger partial charge in [0, 0.05) is 37.3 Å². The summed E-state index contributed by atoms with van der Waals surface area (Å²) in [6.45, 7) is 6.00. The molecule has 3 aromatic heterocycles. The minimum Gasteiger partial charge on any atom is -0.347 e. The normalized spacial score (nSPS) is 15.6. The van der Waals surface area contributed by atoms with Gasteiger partial charge in [0.05, 0.1) is 11.0 Å². The highest BCUT2D eigenvalue weighted by atomic mass is 32.1. The lowest BCUT2D eigenvalue weighted by Gasteiger charge is -2.33. The van der Waals surface area contributed by atoms with Gasteiger partial charge in [0.25, 0.3) is 5.56 Å². The Hall–Kier alpha value is -2.74. The van der Waals surface area contributed by atoms with E-state index in [1.54, 1.807) is 6.07 Å². The van der Waals surface area contributed by atoms with Crippen molar-refractivity contribution >= 4 is 32.5 Å². The maximum absolute atomic E-state index is 12.3. The third-order valence-electron chi connectivity index (χ3n) is 5.73. The fourth-order valence-corrected chi connectivity index (χ4v) is 5.20. The molecule has 1 saturated heterocycles. The van der Waals surface area contributed by atoms with Gasteiger partial charge in [-0.05, 0) is 31.4 Å². The zero-order valence-corrected chi connectivity index (χ0v) is 17.5. The first kappa shape index (κ1) is 18.3. The maximum atomic E-state index is 12.3. The molecule has 0 amide bonds. The van der Waals surface area contributed by atoms with E-state index in [2.05, 4.69) is 50.7 Å². The standard InChI is InChI=1S/C21H24N6OS/c1-3-14-13-19(28)27-20(22-14)29-21(24-27)25-11-9-15(10-12-25)26-17-8-6-5-7-16(17)23-18(26)4-2/h5-8,13,15H,3-4,9-12H2,1-2H3. The molecule has 1 aliphatic rings. The number of imidazole rings is 1. The molecule has 0 atom stereocenters. The molecule has 5 rings (SSSR count). The monoisotopic (exact) mass is 408 g/mol. The van der Waals surface area contributed by atoms with E-state index in [0.29, 0.717) is 11.0 Å². The van der Waals surface area contributed by atoms with Crippen LogP contribution in [-0.2, 0) is 12.8 Å². The smallest absolute Gasteiger partial charge is 0.275 e. The molecule has 7 nitrogen and oxygen atoms in total. The summed E-state index contributed by atoms with van der Waals surface area (Å²) in [5, 5.41) is 5.43. The SMILES string of the molecule is CCc1cc(=O)n2nc(N3CCC(n4c(CC)nc5ccccc54)CC3)sc2n1. The first-order chi connectivity index (χ1) is 14.2. The van der Waals surface area contributed by atoms with Crippen molar-refractivity contribution in [3.05, 3.63) is 52.2 Å². The van der Waals surface area contributed by atoms with Crippen molar-refractivity contribution < 1.29 is 0 Å². The molecule has 0 spiro atoms. The topological polar surface area (TPSA) is 68.3 Å². The number of rotatable bonds is 4. The van der Waals surface area contributed by atoms with Crippen molar-refractivity contribution in [1.29, 1.82) is 0 Å². The number of aryl methyl sites for hydroxylation is 2. The Morgan fingerprint density at radius 3 is 2.66 bits per heavy atom. The number of hydrogen-bond donors (Lipinski definition) is 0. The van der Waals surface area contributed by atoms with Gasteiger partial charge in [-0.1, -0.05) is 37.3 Å². The molecule has 0 N–H and O–H groups in total. The minimum absolute atomic E-state index is 0.0956. The van der Waals surface area contributed by atoms with Crippen molar-refractivity contribution in [3.63, 3.8) is 0 Å². The Bertz CT molecular complexity index is 1230. The molecule has 0 bridgehead atoms. The van der Waals surface area contributed by atoms with Gasteiger partial charge in [-0.15, -0.1) is 5.10 Å². The Morgan fingerprint density at radius 1 is 1.10 bits per heavy atom. The van der Waals surface area contributed by atoms with Crippen LogP contribution in [0, 0.1) is 0 Å². The van der Waals surface area contributed by atoms with E-state index in [4.69, 9.17) is 4.98 Å². The molecule has 4 aromatic rings. The van der Waals surface area contributed by atoms with Gasteiger partial charge in [0.15, 0.2) is 0 Å². The zero-order valence-electron chi connectivity index (χ0n) is 16.7. The quantitative estimate of drug-likeness (QED) is 0.517. The predicted molar refractivity (Wildman–Crippen MR) is 116 cm³/mol. The second-order valence-corrected chi connectivity index (χ2v) is 8.41. The Morgan fingerprint density at radius 2 is 1.90 bits per heavy atom. The average Bonchev–Trinajstić information content (AvgIpc) is 3.35. The summed E-state index contributed by atoms with van der Waals surface area (Å²) in [6.07, 6.45) is 3.75. The number of piperidine rings is 1. The third kappa shape index (κ3) is 3.11. The van der Waals surface area contributed by atoms with E-state index >= 15 is 0 Å². The molecule has 1 aliphatic heterocycles. The number of benzene rings is 1. The van der Waals surface area contributed by atoms with Gasteiger partial charge in [-0.25, -0.2) is 9.97 Å². The van der Waals surface area contributed by atoms with Crippen LogP contribution in [0.5, 0.6) is 0 Å². The first-order valence-electron chi connectivity index (χ1n) is 10.3. The van der Waals surface area contributed by atoms with Gasteiger partial charge in [-0.2, -0.15) is 4.52 Å². The lowest BCUT2D eigenvalue weighted by molar-refractivity contribution is 0.394. The van der Waals surface area contributed by atoms with Crippen LogP contribution < -0.4 is 10.5 Å². The fraction of sp³-hybridized carbons (Fsp3) is 0.429. The van der Waals surface area contributed by atoms with E-state index in [0.717, 1.165) is 60.9 Å². The van der Waals surface area contributed by atoms with Crippen LogP contribution >= 0.6 is 11.3 Å². The summed E-state index contributed by atoms with van der Waals surface area (Å²) in [6, 6.07) is 10.4. The van der Waals surface area contributed by atoms with E-state index in [1.165, 1.54) is 21.4 Å². The molecular weight excluding hydrogens is 384 g/mol. The number of para-hydroxylation sites is 2. The van der Waals surface area contributed by atoms with Gasteiger partial charge in [0.1, 0.15) is 5.82 Å². The number of aromatic nitrogens is 5. The molecule has 4 heterocycles. The van der Waals surface area contributed by atoms with Gasteiger partial charge < -0.3 is 9.47 Å². The second kappa shape index (κ2) is 7.26. The van der Waals surface area contributed by atoms with Gasteiger partial charge >= 0.3 is 0 Å². The summed E-state index contributed by atoms with van der Waals surface area (Å²) < 4.78 is 3.87. The molecule has 0 aliphatic carbocycles. The van der Waals surface area contributed by atoms with Crippen LogP contribution in [0.2, 0.25) is 0 Å². The Balaban J connectivity index is 1.40. The number of anilines is 1. The van der Waals surface area contributed by atoms with Crippen LogP contribution in [0.3, 0.4) is 0 Å². The summed E-state index contributed by atoms with van der Waals surface area (Å²) >= 11 is 1.50. The highest BCUT2D eigenvalue weighted by Gasteiger charge is 2.26. The molecule has 0 unspecified atom stereocenters. The van der Waals surface area contributed by atoms with Crippen LogP contribution in [0.4, 0.5) is 5.13 Å². The molecule has 8 heteroatoms. The van der Waals surface area contributed by atoms with Gasteiger partial charge in [-0.3, -0.25) is 4.79 Å². The molecule has 1 aromatic carbocycles. The highest BCUT2D eigenvalue weighted by molar-refractivity contribution is 7.20. The maximum Gasteiger partial charge on any atom is 0.275 e. The third-order valence-corrected chi connectivity index (χ3v) is 6.70. The number of fused-ring (bicyclic) bond motifs is 2. The molecule has 0 saturated carbocycles. The van der Waals surface area contributed by atoms with Crippen molar-refractivity contribution in [3.8, 4) is 0 Å². The number of nitrogens with zero attached hydrogens (tertiary/aromatic N) is 6. The first-order valence-corrected chi connectivity index (χ1v) is 11.1. The summed E-state index contributed by atoms with van der Waals surface area (Å²) in [7, 11) is 0. The van der Waals surface area contributed by atoms with E-state index < -0.39 is 0 Å². The lowest BCUT2D eigenvalue weighted by atomic mass is 10.0. The van der Waals surface area contributed by atoms with Gasteiger partial charge in [0.2, 0.25) is 10.1 Å². The molecule has 29 heavy (non-hydrogen) atoms. The highest BCUT2D eigenvalue weighted by Crippen LogP contribution is 2.32. The van der Waals surface area contributed by atoms with Crippen molar-refractivity contribution in [2.75, 3.05) is 18.0 Å². The fourth-order valence-electron chi connectivity index (χ4n) is 4.22. The van der Waals surface area contributed by atoms with E-state index in [9.17, 15) is 4.79 Å². The van der Waals surface area contributed by atoms with E-state index in [-0.39, 0.29) is 5.56 Å². The average molecular weight is 409 g/mol. The Labute approximate surface area is 172 Å². The largest absolute Gasteiger partial charge is 0.347 e. The lowest BCUT2D eigenvalue weighted by Crippen LogP contribution is -2.35. The van der Waals surface area contributed by atoms with Crippen molar-refractivity contribution in [2.45, 2.75) is 45.6 Å². The van der Waals surface area contributed by atoms with Crippen molar-refractivity contribution in [1.82, 2.24) is 24.1 Å². The van der Waals surface area contributed by atoms with Crippen LogP contribution in [0.15, 0.2) is 35.1 Å². The Kier molecular flexibility index (Phi) is 4.58. The molecule has 1 fully saturated rings. The number of hydrogen-bond acceptors (Lipinski definition) is 6. The molecule has 0 radical (unpaired) electrons. The molecule has 150 valence electrons. The molecular formula is C21H24N6OS.